The molecule has 3 aromatic rings. The molecule has 0 amide bonds. The van der Waals surface area contributed by atoms with Crippen LogP contribution in [0.2, 0.25) is 0 Å². The third kappa shape index (κ3) is 3.94. The maximum Gasteiger partial charge on any atom is 0.339 e. The van der Waals surface area contributed by atoms with Gasteiger partial charge in [0.05, 0.1) is 0 Å². The second-order valence-electron chi connectivity index (χ2n) is 7.03. The lowest BCUT2D eigenvalue weighted by Crippen LogP contribution is -2.09. The quantitative estimate of drug-likeness (QED) is 0.333. The number of hydrogen-bond acceptors (Lipinski definition) is 5. The van der Waals surface area contributed by atoms with E-state index in [1.807, 2.05) is 30.3 Å². The molecule has 0 aliphatic rings. The van der Waals surface area contributed by atoms with Crippen molar-refractivity contribution in [2.24, 2.45) is 0 Å². The van der Waals surface area contributed by atoms with E-state index in [-0.39, 0.29) is 22.6 Å². The summed E-state index contributed by atoms with van der Waals surface area (Å²) in [6.07, 6.45) is -1.86. The van der Waals surface area contributed by atoms with Gasteiger partial charge in [-0.3, -0.25) is 0 Å². The number of aliphatic hydroxyl groups is 2. The molecule has 6 nitrogen and oxygen atoms in total. The van der Waals surface area contributed by atoms with E-state index in [1.54, 1.807) is 26.0 Å². The van der Waals surface area contributed by atoms with Crippen LogP contribution in [0.3, 0.4) is 0 Å². The number of phenols is 2. The van der Waals surface area contributed by atoms with Gasteiger partial charge in [-0.05, 0) is 53.8 Å². The van der Waals surface area contributed by atoms with Gasteiger partial charge in [0.15, 0.2) is 6.29 Å². The van der Waals surface area contributed by atoms with E-state index in [2.05, 4.69) is 0 Å². The highest BCUT2D eigenvalue weighted by Gasteiger charge is 2.24. The molecule has 3 rings (SSSR count). The lowest BCUT2D eigenvalue weighted by atomic mass is 9.82. The molecule has 0 saturated heterocycles. The zero-order valence-corrected chi connectivity index (χ0v) is 16.0. The fraction of sp³-hybridized carbons (Fsp3) is 0.174. The SMILES string of the molecule is Cc1cc(C(c2ccccc2)c2cc(C)c(O)c(C(O)O)c2)cc(C(=O)O)c1O. The monoisotopic (exact) mass is 394 g/mol. The number of aromatic hydroxyl groups is 2. The van der Waals surface area contributed by atoms with Crippen molar-refractivity contribution in [1.82, 2.24) is 0 Å². The fourth-order valence-corrected chi connectivity index (χ4v) is 3.56. The number of aryl methyl sites for hydroxylation is 2. The minimum atomic E-state index is -1.86. The van der Waals surface area contributed by atoms with Crippen LogP contribution in [0.4, 0.5) is 0 Å². The summed E-state index contributed by atoms with van der Waals surface area (Å²) in [4.78, 5) is 11.6. The molecule has 1 atom stereocenters. The summed E-state index contributed by atoms with van der Waals surface area (Å²) in [5.41, 5.74) is 2.74. The largest absolute Gasteiger partial charge is 0.507 e. The standard InChI is InChI=1S/C23H22O6/c1-12-8-15(10-17(20(12)24)22(26)27)19(14-6-4-3-5-7-14)16-9-13(2)21(25)18(11-16)23(28)29/h3-11,19,22,24-27H,1-2H3,(H,28,29). The van der Waals surface area contributed by atoms with E-state index < -0.39 is 18.2 Å². The second kappa shape index (κ2) is 7.95. The van der Waals surface area contributed by atoms with Gasteiger partial charge < -0.3 is 25.5 Å². The van der Waals surface area contributed by atoms with Crippen molar-refractivity contribution < 1.29 is 30.3 Å². The van der Waals surface area contributed by atoms with Crippen LogP contribution < -0.4 is 0 Å². The van der Waals surface area contributed by atoms with E-state index in [0.717, 1.165) is 5.56 Å². The van der Waals surface area contributed by atoms with Crippen LogP contribution in [0, 0.1) is 13.8 Å². The second-order valence-corrected chi connectivity index (χ2v) is 7.03. The summed E-state index contributed by atoms with van der Waals surface area (Å²) < 4.78 is 0. The molecule has 1 unspecified atom stereocenters. The summed E-state index contributed by atoms with van der Waals surface area (Å²) >= 11 is 0. The van der Waals surface area contributed by atoms with Crippen molar-refractivity contribution in [3.05, 3.63) is 93.5 Å². The maximum absolute atomic E-state index is 11.6. The van der Waals surface area contributed by atoms with Gasteiger partial charge in [-0.25, -0.2) is 4.79 Å². The zero-order chi connectivity index (χ0) is 21.3. The molecule has 0 fully saturated rings. The predicted octanol–water partition coefficient (Wildman–Crippen LogP) is 3.58. The van der Waals surface area contributed by atoms with Gasteiger partial charge in [-0.15, -0.1) is 0 Å². The van der Waals surface area contributed by atoms with Crippen LogP contribution >= 0.6 is 0 Å². The number of carboxylic acid groups (broad SMARTS) is 1. The van der Waals surface area contributed by atoms with Crippen molar-refractivity contribution in [1.29, 1.82) is 0 Å². The zero-order valence-electron chi connectivity index (χ0n) is 16.0. The molecule has 6 heteroatoms. The van der Waals surface area contributed by atoms with Crippen LogP contribution in [-0.4, -0.2) is 31.5 Å². The first-order valence-electron chi connectivity index (χ1n) is 9.02. The molecular weight excluding hydrogens is 372 g/mol. The van der Waals surface area contributed by atoms with Crippen molar-refractivity contribution in [2.45, 2.75) is 26.1 Å². The third-order valence-electron chi connectivity index (χ3n) is 4.98. The maximum atomic E-state index is 11.6. The minimum Gasteiger partial charge on any atom is -0.507 e. The van der Waals surface area contributed by atoms with Crippen molar-refractivity contribution in [2.75, 3.05) is 0 Å². The summed E-state index contributed by atoms with van der Waals surface area (Å²) in [6.45, 7) is 3.27. The average Bonchev–Trinajstić information content (AvgIpc) is 2.67. The van der Waals surface area contributed by atoms with E-state index in [9.17, 15) is 30.3 Å². The van der Waals surface area contributed by atoms with Gasteiger partial charge in [0.25, 0.3) is 0 Å². The molecular formula is C23H22O6. The number of rotatable bonds is 5. The summed E-state index contributed by atoms with van der Waals surface area (Å²) in [6, 6.07) is 15.7. The van der Waals surface area contributed by atoms with Crippen LogP contribution in [0.5, 0.6) is 11.5 Å². The first-order chi connectivity index (χ1) is 13.7. The molecule has 0 saturated carbocycles. The molecule has 0 aliphatic carbocycles. The van der Waals surface area contributed by atoms with E-state index in [4.69, 9.17) is 0 Å². The number of benzene rings is 3. The Bertz CT molecular complexity index is 1060. The summed E-state index contributed by atoms with van der Waals surface area (Å²) in [5.74, 6) is -2.19. The number of phenolic OH excluding ortho intramolecular Hbond substituents is 1. The predicted molar refractivity (Wildman–Crippen MR) is 107 cm³/mol. The number of aliphatic hydroxyl groups excluding tert-OH is 1. The Balaban J connectivity index is 2.31. The molecule has 5 N–H and O–H groups in total. The molecule has 3 aromatic carbocycles. The minimum absolute atomic E-state index is 0.0325. The topological polar surface area (TPSA) is 118 Å². The smallest absolute Gasteiger partial charge is 0.339 e. The Labute approximate surface area is 168 Å². The first kappa shape index (κ1) is 20.4. The van der Waals surface area contributed by atoms with E-state index in [1.165, 1.54) is 12.1 Å². The lowest BCUT2D eigenvalue weighted by Gasteiger charge is -2.23. The van der Waals surface area contributed by atoms with E-state index in [0.29, 0.717) is 22.3 Å². The van der Waals surface area contributed by atoms with Gasteiger partial charge in [0.1, 0.15) is 17.1 Å². The number of carbonyl (C=O) groups is 1. The van der Waals surface area contributed by atoms with Crippen LogP contribution in [0.1, 0.15) is 55.9 Å². The lowest BCUT2D eigenvalue weighted by molar-refractivity contribution is -0.0440. The van der Waals surface area contributed by atoms with Crippen LogP contribution in [0.15, 0.2) is 54.6 Å². The molecule has 0 bridgehead atoms. The Kier molecular flexibility index (Phi) is 5.59. The third-order valence-corrected chi connectivity index (χ3v) is 4.98. The molecule has 0 spiro atoms. The highest BCUT2D eigenvalue weighted by molar-refractivity contribution is 5.91. The molecule has 0 aliphatic heterocycles. The fourth-order valence-electron chi connectivity index (χ4n) is 3.56. The first-order valence-corrected chi connectivity index (χ1v) is 9.02. The van der Waals surface area contributed by atoms with Crippen LogP contribution in [0.25, 0.3) is 0 Å². The Morgan fingerprint density at radius 2 is 1.34 bits per heavy atom. The highest BCUT2D eigenvalue weighted by Crippen LogP contribution is 2.39. The van der Waals surface area contributed by atoms with Gasteiger partial charge >= 0.3 is 5.97 Å². The Hall–Kier alpha value is -3.35. The van der Waals surface area contributed by atoms with Crippen molar-refractivity contribution in [3.8, 4) is 11.5 Å². The van der Waals surface area contributed by atoms with Crippen molar-refractivity contribution >= 4 is 5.97 Å². The number of hydrogen-bond donors (Lipinski definition) is 5. The molecule has 0 heterocycles. The summed E-state index contributed by atoms with van der Waals surface area (Å²) in [5, 5.41) is 49.1. The number of aromatic carboxylic acids is 1. The van der Waals surface area contributed by atoms with Crippen molar-refractivity contribution in [3.63, 3.8) is 0 Å². The van der Waals surface area contributed by atoms with Gasteiger partial charge in [0.2, 0.25) is 0 Å². The van der Waals surface area contributed by atoms with Gasteiger partial charge in [0, 0.05) is 11.5 Å². The highest BCUT2D eigenvalue weighted by atomic mass is 16.5. The average molecular weight is 394 g/mol. The Morgan fingerprint density at radius 1 is 0.793 bits per heavy atom. The molecule has 0 radical (unpaired) electrons. The Morgan fingerprint density at radius 3 is 1.90 bits per heavy atom. The van der Waals surface area contributed by atoms with Gasteiger partial charge in [-0.2, -0.15) is 0 Å². The van der Waals surface area contributed by atoms with E-state index >= 15 is 0 Å². The number of carboxylic acids is 1. The molecule has 150 valence electrons. The van der Waals surface area contributed by atoms with Gasteiger partial charge in [-0.1, -0.05) is 42.5 Å². The molecule has 29 heavy (non-hydrogen) atoms. The molecule has 0 aromatic heterocycles. The summed E-state index contributed by atoms with van der Waals surface area (Å²) in [7, 11) is 0. The van der Waals surface area contributed by atoms with Crippen LogP contribution in [-0.2, 0) is 0 Å². The normalized spacial score (nSPS) is 12.2.